The van der Waals surface area contributed by atoms with Crippen LogP contribution in [0.4, 0.5) is 5.69 Å². The van der Waals surface area contributed by atoms with E-state index < -0.39 is 0 Å². The highest BCUT2D eigenvalue weighted by atomic mass is 14.6. The van der Waals surface area contributed by atoms with Crippen molar-refractivity contribution in [3.63, 3.8) is 0 Å². The number of benzene rings is 1. The van der Waals surface area contributed by atoms with Crippen molar-refractivity contribution < 1.29 is 0 Å². The van der Waals surface area contributed by atoms with Gasteiger partial charge in [-0.1, -0.05) is 38.5 Å². The molecule has 1 nitrogen and oxygen atoms in total. The summed E-state index contributed by atoms with van der Waals surface area (Å²) in [4.78, 5) is 0. The number of hydrogen-bond acceptors (Lipinski definition) is 1. The minimum atomic E-state index is 0.914. The SMILES string of the molecule is CCC.Cc1cccc(C)c1N. The molecule has 0 unspecified atom stereocenters. The second kappa shape index (κ2) is 5.64. The zero-order chi connectivity index (χ0) is 9.56. The zero-order valence-corrected chi connectivity index (χ0v) is 8.52. The maximum absolute atomic E-state index is 5.68. The van der Waals surface area contributed by atoms with E-state index in [2.05, 4.69) is 13.8 Å². The number of hydrogen-bond donors (Lipinski definition) is 1. The smallest absolute Gasteiger partial charge is 0.0373 e. The molecule has 0 spiro atoms. The average Bonchev–Trinajstić information content (AvgIpc) is 2.02. The van der Waals surface area contributed by atoms with Gasteiger partial charge in [0.05, 0.1) is 0 Å². The minimum absolute atomic E-state index is 0.914. The molecule has 0 aliphatic heterocycles. The monoisotopic (exact) mass is 165 g/mol. The van der Waals surface area contributed by atoms with Crippen LogP contribution >= 0.6 is 0 Å². The summed E-state index contributed by atoms with van der Waals surface area (Å²) in [7, 11) is 0. The lowest BCUT2D eigenvalue weighted by Gasteiger charge is -2.00. The van der Waals surface area contributed by atoms with Crippen molar-refractivity contribution in [2.45, 2.75) is 34.1 Å². The Morgan fingerprint density at radius 2 is 1.42 bits per heavy atom. The van der Waals surface area contributed by atoms with Crippen molar-refractivity contribution in [1.29, 1.82) is 0 Å². The number of anilines is 1. The fraction of sp³-hybridized carbons (Fsp3) is 0.455. The molecule has 1 rings (SSSR count). The van der Waals surface area contributed by atoms with E-state index in [1.807, 2.05) is 32.0 Å². The number of nitrogen functional groups attached to an aromatic ring is 1. The van der Waals surface area contributed by atoms with Gasteiger partial charge in [-0.15, -0.1) is 0 Å². The second-order valence-corrected chi connectivity index (χ2v) is 3.01. The third-order valence-electron chi connectivity index (χ3n) is 1.54. The first-order valence-corrected chi connectivity index (χ1v) is 4.45. The Kier molecular flexibility index (Phi) is 5.18. The predicted octanol–water partition coefficient (Wildman–Crippen LogP) is 3.30. The zero-order valence-electron chi connectivity index (χ0n) is 8.52. The van der Waals surface area contributed by atoms with Gasteiger partial charge in [0.25, 0.3) is 0 Å². The fourth-order valence-electron chi connectivity index (χ4n) is 0.827. The topological polar surface area (TPSA) is 26.0 Å². The molecule has 2 N–H and O–H groups in total. The molecule has 0 aliphatic rings. The van der Waals surface area contributed by atoms with Gasteiger partial charge in [0.15, 0.2) is 0 Å². The van der Waals surface area contributed by atoms with E-state index in [4.69, 9.17) is 5.73 Å². The molecule has 12 heavy (non-hydrogen) atoms. The summed E-state index contributed by atoms with van der Waals surface area (Å²) in [5.41, 5.74) is 8.92. The Balaban J connectivity index is 0.000000354. The summed E-state index contributed by atoms with van der Waals surface area (Å²) in [6, 6.07) is 6.05. The standard InChI is InChI=1S/C8H11N.C3H8/c1-6-4-3-5-7(2)8(6)9;1-3-2/h3-5H,9H2,1-2H3;3H2,1-2H3. The molecule has 0 heterocycles. The highest BCUT2D eigenvalue weighted by molar-refractivity contribution is 5.52. The van der Waals surface area contributed by atoms with Crippen LogP contribution in [-0.2, 0) is 0 Å². The van der Waals surface area contributed by atoms with E-state index >= 15 is 0 Å². The predicted molar refractivity (Wildman–Crippen MR) is 56.3 cm³/mol. The first kappa shape index (κ1) is 11.0. The molecule has 0 radical (unpaired) electrons. The van der Waals surface area contributed by atoms with Crippen LogP contribution in [0.2, 0.25) is 0 Å². The van der Waals surface area contributed by atoms with Crippen LogP contribution in [0.5, 0.6) is 0 Å². The summed E-state index contributed by atoms with van der Waals surface area (Å²) >= 11 is 0. The molecule has 0 aliphatic carbocycles. The van der Waals surface area contributed by atoms with Crippen molar-refractivity contribution in [3.8, 4) is 0 Å². The van der Waals surface area contributed by atoms with Gasteiger partial charge in [-0.25, -0.2) is 0 Å². The van der Waals surface area contributed by atoms with E-state index in [9.17, 15) is 0 Å². The van der Waals surface area contributed by atoms with Gasteiger partial charge in [-0.2, -0.15) is 0 Å². The van der Waals surface area contributed by atoms with Gasteiger partial charge in [-0.3, -0.25) is 0 Å². The lowest BCUT2D eigenvalue weighted by atomic mass is 10.1. The molecular weight excluding hydrogens is 146 g/mol. The molecule has 0 aromatic heterocycles. The maximum Gasteiger partial charge on any atom is 0.0373 e. The summed E-state index contributed by atoms with van der Waals surface area (Å²) < 4.78 is 0. The summed E-state index contributed by atoms with van der Waals surface area (Å²) in [6.45, 7) is 8.28. The first-order valence-electron chi connectivity index (χ1n) is 4.45. The molecule has 1 heteroatoms. The highest BCUT2D eigenvalue weighted by Crippen LogP contribution is 2.13. The largest absolute Gasteiger partial charge is 0.398 e. The fourth-order valence-corrected chi connectivity index (χ4v) is 0.827. The number of nitrogens with two attached hydrogens (primary N) is 1. The third kappa shape index (κ3) is 3.42. The Bertz CT molecular complexity index is 208. The molecule has 0 bridgehead atoms. The van der Waals surface area contributed by atoms with Crippen molar-refractivity contribution in [3.05, 3.63) is 29.3 Å². The van der Waals surface area contributed by atoms with Gasteiger partial charge in [-0.05, 0) is 25.0 Å². The molecular formula is C11H19N. The molecule has 68 valence electrons. The maximum atomic E-state index is 5.68. The summed E-state index contributed by atoms with van der Waals surface area (Å²) in [5.74, 6) is 0. The van der Waals surface area contributed by atoms with E-state index in [1.54, 1.807) is 0 Å². The summed E-state index contributed by atoms with van der Waals surface area (Å²) in [5, 5.41) is 0. The molecule has 1 aromatic rings. The quantitative estimate of drug-likeness (QED) is 0.586. The lowest BCUT2D eigenvalue weighted by molar-refractivity contribution is 1.09. The average molecular weight is 165 g/mol. The third-order valence-corrected chi connectivity index (χ3v) is 1.54. The summed E-state index contributed by atoms with van der Waals surface area (Å²) in [6.07, 6.45) is 1.25. The normalized spacial score (nSPS) is 8.67. The Labute approximate surface area is 75.6 Å². The van der Waals surface area contributed by atoms with Gasteiger partial charge in [0.1, 0.15) is 0 Å². The van der Waals surface area contributed by atoms with Crippen LogP contribution in [0.15, 0.2) is 18.2 Å². The van der Waals surface area contributed by atoms with Crippen molar-refractivity contribution in [2.75, 3.05) is 5.73 Å². The van der Waals surface area contributed by atoms with Crippen LogP contribution < -0.4 is 5.73 Å². The molecule has 0 saturated heterocycles. The molecule has 0 saturated carbocycles. The molecule has 0 atom stereocenters. The Morgan fingerprint density at radius 1 is 1.08 bits per heavy atom. The van der Waals surface area contributed by atoms with Gasteiger partial charge in [0.2, 0.25) is 0 Å². The van der Waals surface area contributed by atoms with E-state index in [0.29, 0.717) is 0 Å². The van der Waals surface area contributed by atoms with Crippen molar-refractivity contribution in [2.24, 2.45) is 0 Å². The minimum Gasteiger partial charge on any atom is -0.398 e. The van der Waals surface area contributed by atoms with E-state index in [0.717, 1.165) is 16.8 Å². The molecule has 0 amide bonds. The first-order chi connectivity index (χ1) is 5.63. The lowest BCUT2D eigenvalue weighted by Crippen LogP contribution is -1.91. The molecule has 0 fully saturated rings. The van der Waals surface area contributed by atoms with Gasteiger partial charge >= 0.3 is 0 Å². The number of para-hydroxylation sites is 1. The van der Waals surface area contributed by atoms with Crippen molar-refractivity contribution >= 4 is 5.69 Å². The Hall–Kier alpha value is -0.980. The van der Waals surface area contributed by atoms with Gasteiger partial charge < -0.3 is 5.73 Å². The van der Waals surface area contributed by atoms with E-state index in [-0.39, 0.29) is 0 Å². The van der Waals surface area contributed by atoms with Crippen LogP contribution in [0.1, 0.15) is 31.4 Å². The van der Waals surface area contributed by atoms with Crippen LogP contribution in [0, 0.1) is 13.8 Å². The van der Waals surface area contributed by atoms with Crippen molar-refractivity contribution in [1.82, 2.24) is 0 Å². The van der Waals surface area contributed by atoms with E-state index in [1.165, 1.54) is 6.42 Å². The Morgan fingerprint density at radius 3 is 1.67 bits per heavy atom. The molecule has 1 aromatic carbocycles. The second-order valence-electron chi connectivity index (χ2n) is 3.01. The highest BCUT2D eigenvalue weighted by Gasteiger charge is 1.92. The van der Waals surface area contributed by atoms with Crippen LogP contribution in [-0.4, -0.2) is 0 Å². The van der Waals surface area contributed by atoms with Crippen LogP contribution in [0.25, 0.3) is 0 Å². The van der Waals surface area contributed by atoms with Gasteiger partial charge in [0, 0.05) is 5.69 Å². The number of rotatable bonds is 0. The number of aryl methyl sites for hydroxylation is 2. The van der Waals surface area contributed by atoms with Crippen LogP contribution in [0.3, 0.4) is 0 Å².